The molecule has 1 aromatic rings. The first-order chi connectivity index (χ1) is 8.97. The normalized spacial score (nSPS) is 16.8. The maximum atomic E-state index is 11.6. The van der Waals surface area contributed by atoms with Gasteiger partial charge < -0.3 is 5.32 Å². The summed E-state index contributed by atoms with van der Waals surface area (Å²) in [5, 5.41) is 3.40. The molecule has 1 saturated carbocycles. The SMILES string of the molecule is CN(C)S(=O)(=O)Nc1ccc(NC2CCCC2)cn1. The van der Waals surface area contributed by atoms with Gasteiger partial charge in [0.05, 0.1) is 11.9 Å². The predicted octanol–water partition coefficient (Wildman–Crippen LogP) is 1.65. The number of hydrogen-bond acceptors (Lipinski definition) is 4. The molecule has 19 heavy (non-hydrogen) atoms. The standard InChI is InChI=1S/C12H20N4O2S/c1-16(2)19(17,18)15-12-8-7-11(9-13-12)14-10-5-3-4-6-10/h7-10,14H,3-6H2,1-2H3,(H,13,15). The van der Waals surface area contributed by atoms with Gasteiger partial charge in [0.25, 0.3) is 0 Å². The summed E-state index contributed by atoms with van der Waals surface area (Å²) < 4.78 is 26.8. The number of rotatable bonds is 5. The number of aromatic nitrogens is 1. The van der Waals surface area contributed by atoms with Crippen molar-refractivity contribution in [2.24, 2.45) is 0 Å². The van der Waals surface area contributed by atoms with E-state index in [0.717, 1.165) is 9.99 Å². The van der Waals surface area contributed by atoms with Crippen LogP contribution < -0.4 is 10.0 Å². The van der Waals surface area contributed by atoms with Crippen LogP contribution in [0, 0.1) is 0 Å². The maximum Gasteiger partial charge on any atom is 0.302 e. The second-order valence-electron chi connectivity index (χ2n) is 4.95. The lowest BCUT2D eigenvalue weighted by Crippen LogP contribution is -2.29. The Morgan fingerprint density at radius 2 is 1.95 bits per heavy atom. The van der Waals surface area contributed by atoms with E-state index in [0.29, 0.717) is 11.9 Å². The third-order valence-electron chi connectivity index (χ3n) is 3.20. The quantitative estimate of drug-likeness (QED) is 0.862. The smallest absolute Gasteiger partial charge is 0.302 e. The fourth-order valence-electron chi connectivity index (χ4n) is 2.07. The molecular formula is C12H20N4O2S. The first kappa shape index (κ1) is 14.1. The van der Waals surface area contributed by atoms with Crippen LogP contribution in [0.3, 0.4) is 0 Å². The monoisotopic (exact) mass is 284 g/mol. The van der Waals surface area contributed by atoms with Crippen molar-refractivity contribution >= 4 is 21.7 Å². The van der Waals surface area contributed by atoms with Crippen molar-refractivity contribution < 1.29 is 8.42 Å². The van der Waals surface area contributed by atoms with E-state index in [1.807, 2.05) is 6.07 Å². The molecular weight excluding hydrogens is 264 g/mol. The molecule has 0 saturated heterocycles. The summed E-state index contributed by atoms with van der Waals surface area (Å²) in [6, 6.07) is 4.03. The molecule has 0 amide bonds. The molecule has 1 aromatic heterocycles. The Kier molecular flexibility index (Phi) is 4.26. The molecule has 6 nitrogen and oxygen atoms in total. The summed E-state index contributed by atoms with van der Waals surface area (Å²) in [6.45, 7) is 0. The lowest BCUT2D eigenvalue weighted by molar-refractivity contribution is 0.526. The van der Waals surface area contributed by atoms with Gasteiger partial charge in [-0.25, -0.2) is 4.98 Å². The first-order valence-corrected chi connectivity index (χ1v) is 7.84. The highest BCUT2D eigenvalue weighted by Gasteiger charge is 2.15. The van der Waals surface area contributed by atoms with Crippen LogP contribution in [0.2, 0.25) is 0 Å². The molecule has 0 spiro atoms. The molecule has 0 unspecified atom stereocenters. The third kappa shape index (κ3) is 3.81. The molecule has 1 heterocycles. The van der Waals surface area contributed by atoms with Crippen molar-refractivity contribution in [3.63, 3.8) is 0 Å². The summed E-state index contributed by atoms with van der Waals surface area (Å²) in [7, 11) is -0.545. The first-order valence-electron chi connectivity index (χ1n) is 6.40. The number of anilines is 2. The van der Waals surface area contributed by atoms with E-state index in [4.69, 9.17) is 0 Å². The topological polar surface area (TPSA) is 74.3 Å². The molecule has 0 radical (unpaired) electrons. The van der Waals surface area contributed by atoms with Gasteiger partial charge in [-0.15, -0.1) is 0 Å². The molecule has 2 rings (SSSR count). The Balaban J connectivity index is 1.98. The third-order valence-corrected chi connectivity index (χ3v) is 4.63. The van der Waals surface area contributed by atoms with E-state index in [1.54, 1.807) is 12.3 Å². The molecule has 1 aliphatic carbocycles. The second-order valence-corrected chi connectivity index (χ2v) is 6.83. The largest absolute Gasteiger partial charge is 0.381 e. The van der Waals surface area contributed by atoms with Crippen LogP contribution in [-0.2, 0) is 10.2 Å². The lowest BCUT2D eigenvalue weighted by Gasteiger charge is -2.15. The van der Waals surface area contributed by atoms with Gasteiger partial charge in [-0.3, -0.25) is 4.72 Å². The molecule has 0 atom stereocenters. The molecule has 0 aliphatic heterocycles. The number of nitrogens with one attached hydrogen (secondary N) is 2. The van der Waals surface area contributed by atoms with Crippen molar-refractivity contribution in [2.75, 3.05) is 24.1 Å². The lowest BCUT2D eigenvalue weighted by atomic mass is 10.2. The van der Waals surface area contributed by atoms with Crippen molar-refractivity contribution in [1.29, 1.82) is 0 Å². The van der Waals surface area contributed by atoms with E-state index < -0.39 is 10.2 Å². The van der Waals surface area contributed by atoms with Crippen molar-refractivity contribution in [2.45, 2.75) is 31.7 Å². The van der Waals surface area contributed by atoms with Gasteiger partial charge >= 0.3 is 10.2 Å². The van der Waals surface area contributed by atoms with E-state index >= 15 is 0 Å². The highest BCUT2D eigenvalue weighted by molar-refractivity contribution is 7.90. The Hall–Kier alpha value is -1.34. The average molecular weight is 284 g/mol. The van der Waals surface area contributed by atoms with Crippen LogP contribution in [0.15, 0.2) is 18.3 Å². The Morgan fingerprint density at radius 3 is 2.47 bits per heavy atom. The molecule has 0 aromatic carbocycles. The van der Waals surface area contributed by atoms with Gasteiger partial charge in [0.1, 0.15) is 5.82 Å². The Labute approximate surface area is 114 Å². The molecule has 0 bridgehead atoms. The van der Waals surface area contributed by atoms with Gasteiger partial charge in [0.2, 0.25) is 0 Å². The molecule has 1 aliphatic rings. The van der Waals surface area contributed by atoms with Crippen LogP contribution in [-0.4, -0.2) is 37.8 Å². The second kappa shape index (κ2) is 5.75. The fraction of sp³-hybridized carbons (Fsp3) is 0.583. The van der Waals surface area contributed by atoms with Gasteiger partial charge in [-0.2, -0.15) is 12.7 Å². The van der Waals surface area contributed by atoms with Gasteiger partial charge in [0.15, 0.2) is 0 Å². The van der Waals surface area contributed by atoms with Crippen LogP contribution in [0.25, 0.3) is 0 Å². The van der Waals surface area contributed by atoms with Crippen LogP contribution in [0.5, 0.6) is 0 Å². The predicted molar refractivity (Wildman–Crippen MR) is 76.3 cm³/mol. The molecule has 2 N–H and O–H groups in total. The fourth-order valence-corrected chi connectivity index (χ4v) is 2.64. The number of nitrogens with zero attached hydrogens (tertiary/aromatic N) is 2. The summed E-state index contributed by atoms with van der Waals surface area (Å²) in [5.74, 6) is 0.325. The highest BCUT2D eigenvalue weighted by atomic mass is 32.2. The highest BCUT2D eigenvalue weighted by Crippen LogP contribution is 2.22. The zero-order chi connectivity index (χ0) is 13.9. The van der Waals surface area contributed by atoms with E-state index in [2.05, 4.69) is 15.0 Å². The van der Waals surface area contributed by atoms with Gasteiger partial charge in [0, 0.05) is 20.1 Å². The Morgan fingerprint density at radius 1 is 1.26 bits per heavy atom. The average Bonchev–Trinajstić information content (AvgIpc) is 2.84. The van der Waals surface area contributed by atoms with Crippen LogP contribution >= 0.6 is 0 Å². The maximum absolute atomic E-state index is 11.6. The summed E-state index contributed by atoms with van der Waals surface area (Å²) >= 11 is 0. The van der Waals surface area contributed by atoms with Crippen molar-refractivity contribution in [3.8, 4) is 0 Å². The number of hydrogen-bond donors (Lipinski definition) is 2. The number of pyridine rings is 1. The van der Waals surface area contributed by atoms with Crippen molar-refractivity contribution in [3.05, 3.63) is 18.3 Å². The van der Waals surface area contributed by atoms with Crippen LogP contribution in [0.4, 0.5) is 11.5 Å². The van der Waals surface area contributed by atoms with Crippen LogP contribution in [0.1, 0.15) is 25.7 Å². The summed E-state index contributed by atoms with van der Waals surface area (Å²) in [6.07, 6.45) is 6.58. The summed E-state index contributed by atoms with van der Waals surface area (Å²) in [5.41, 5.74) is 0.930. The minimum atomic E-state index is -3.49. The van der Waals surface area contributed by atoms with Crippen molar-refractivity contribution in [1.82, 2.24) is 9.29 Å². The molecule has 106 valence electrons. The zero-order valence-electron chi connectivity index (χ0n) is 11.3. The van der Waals surface area contributed by atoms with E-state index in [1.165, 1.54) is 39.8 Å². The van der Waals surface area contributed by atoms with Gasteiger partial charge in [-0.1, -0.05) is 12.8 Å². The van der Waals surface area contributed by atoms with Gasteiger partial charge in [-0.05, 0) is 25.0 Å². The minimum absolute atomic E-state index is 0.325. The van der Waals surface area contributed by atoms with E-state index in [-0.39, 0.29) is 0 Å². The minimum Gasteiger partial charge on any atom is -0.381 e. The Bertz CT molecular complexity index is 507. The van der Waals surface area contributed by atoms with E-state index in [9.17, 15) is 8.42 Å². The molecule has 7 heteroatoms. The molecule has 1 fully saturated rings. The zero-order valence-corrected chi connectivity index (χ0v) is 12.1. The summed E-state index contributed by atoms with van der Waals surface area (Å²) in [4.78, 5) is 4.11.